The second-order valence-electron chi connectivity index (χ2n) is 3.29. The molecule has 0 aliphatic heterocycles. The van der Waals surface area contributed by atoms with Gasteiger partial charge in [0, 0.05) is 32.7 Å². The third kappa shape index (κ3) is 4.67. The van der Waals surface area contributed by atoms with E-state index in [9.17, 15) is 4.79 Å². The molecule has 1 aromatic heterocycles. The van der Waals surface area contributed by atoms with Crippen molar-refractivity contribution in [3.05, 3.63) is 12.4 Å². The number of hydrogen-bond donors (Lipinski definition) is 1. The van der Waals surface area contributed by atoms with Gasteiger partial charge in [0.1, 0.15) is 0 Å². The molecule has 1 heterocycles. The summed E-state index contributed by atoms with van der Waals surface area (Å²) in [6.45, 7) is 1.61. The van der Waals surface area contributed by atoms with Gasteiger partial charge in [0.05, 0.1) is 5.75 Å². The molecule has 0 aliphatic carbocycles. The van der Waals surface area contributed by atoms with E-state index in [0.29, 0.717) is 0 Å². The van der Waals surface area contributed by atoms with Crippen molar-refractivity contribution in [2.45, 2.75) is 24.5 Å². The largest absolute Gasteiger partial charge is 0.481 e. The molecule has 6 heteroatoms. The van der Waals surface area contributed by atoms with E-state index in [-0.39, 0.29) is 5.75 Å². The van der Waals surface area contributed by atoms with Crippen molar-refractivity contribution in [2.75, 3.05) is 19.5 Å². The van der Waals surface area contributed by atoms with Crippen LogP contribution in [0, 0.1) is 0 Å². The van der Waals surface area contributed by atoms with Gasteiger partial charge in [-0.05, 0) is 12.8 Å². The van der Waals surface area contributed by atoms with E-state index in [1.54, 1.807) is 13.3 Å². The molecule has 0 unspecified atom stereocenters. The topological polar surface area (TPSA) is 64.4 Å². The molecule has 1 rings (SSSR count). The van der Waals surface area contributed by atoms with Crippen LogP contribution in [0.1, 0.15) is 12.8 Å². The number of hydrogen-bond acceptors (Lipinski definition) is 4. The number of carboxylic acid groups (broad SMARTS) is 1. The van der Waals surface area contributed by atoms with Crippen LogP contribution in [0.4, 0.5) is 0 Å². The molecule has 0 saturated carbocycles. The van der Waals surface area contributed by atoms with Crippen molar-refractivity contribution in [3.8, 4) is 0 Å². The molecule has 1 N–H and O–H groups in total. The highest BCUT2D eigenvalue weighted by Crippen LogP contribution is 2.15. The van der Waals surface area contributed by atoms with Gasteiger partial charge in [-0.2, -0.15) is 0 Å². The summed E-state index contributed by atoms with van der Waals surface area (Å²) in [6, 6.07) is 0. The number of aromatic nitrogens is 2. The van der Waals surface area contributed by atoms with Crippen molar-refractivity contribution in [1.29, 1.82) is 0 Å². The maximum absolute atomic E-state index is 10.4. The molecule has 5 nitrogen and oxygen atoms in total. The summed E-state index contributed by atoms with van der Waals surface area (Å²) >= 11 is 1.25. The fourth-order valence-electron chi connectivity index (χ4n) is 1.26. The Kier molecular flexibility index (Phi) is 5.95. The summed E-state index contributed by atoms with van der Waals surface area (Å²) in [5.41, 5.74) is 0. The summed E-state index contributed by atoms with van der Waals surface area (Å²) in [4.78, 5) is 14.5. The summed E-state index contributed by atoms with van der Waals surface area (Å²) < 4.78 is 6.94. The molecule has 0 radical (unpaired) electrons. The Labute approximate surface area is 98.8 Å². The van der Waals surface area contributed by atoms with Crippen molar-refractivity contribution in [2.24, 2.45) is 0 Å². The zero-order valence-corrected chi connectivity index (χ0v) is 10.1. The third-order valence-corrected chi connectivity index (χ3v) is 2.99. The second kappa shape index (κ2) is 7.29. The molecule has 0 bridgehead atoms. The van der Waals surface area contributed by atoms with E-state index in [0.717, 1.165) is 31.1 Å². The van der Waals surface area contributed by atoms with Gasteiger partial charge in [0.25, 0.3) is 0 Å². The summed E-state index contributed by atoms with van der Waals surface area (Å²) in [7, 11) is 1.69. The first kappa shape index (κ1) is 13.1. The van der Waals surface area contributed by atoms with Crippen molar-refractivity contribution < 1.29 is 14.6 Å². The average molecular weight is 244 g/mol. The van der Waals surface area contributed by atoms with Crippen LogP contribution in [0.3, 0.4) is 0 Å². The smallest absolute Gasteiger partial charge is 0.313 e. The molecule has 1 aromatic rings. The Bertz CT molecular complexity index is 328. The Morgan fingerprint density at radius 3 is 3.12 bits per heavy atom. The Morgan fingerprint density at radius 2 is 2.44 bits per heavy atom. The number of aryl methyl sites for hydroxylation is 1. The zero-order valence-electron chi connectivity index (χ0n) is 9.26. The van der Waals surface area contributed by atoms with Crippen molar-refractivity contribution in [1.82, 2.24) is 9.55 Å². The van der Waals surface area contributed by atoms with E-state index in [1.807, 2.05) is 10.8 Å². The van der Waals surface area contributed by atoms with Crippen LogP contribution in [0.15, 0.2) is 17.6 Å². The number of thioether (sulfide) groups is 1. The standard InChI is InChI=1S/C10H16N2O3S/c1-15-7-3-2-5-12-6-4-11-10(12)16-8-9(13)14/h4,6H,2-3,5,7-8H2,1H3,(H,13,14). The van der Waals surface area contributed by atoms with Crippen LogP contribution < -0.4 is 0 Å². The molecule has 0 aromatic carbocycles. The SMILES string of the molecule is COCCCCn1ccnc1SCC(=O)O. The number of methoxy groups -OCH3 is 1. The quantitative estimate of drug-likeness (QED) is 0.554. The Morgan fingerprint density at radius 1 is 1.62 bits per heavy atom. The molecular formula is C10H16N2O3S. The van der Waals surface area contributed by atoms with Gasteiger partial charge >= 0.3 is 5.97 Å². The van der Waals surface area contributed by atoms with Crippen LogP contribution in [0.2, 0.25) is 0 Å². The fourth-order valence-corrected chi connectivity index (χ4v) is 1.97. The number of imidazole rings is 1. The van der Waals surface area contributed by atoms with Gasteiger partial charge < -0.3 is 14.4 Å². The highest BCUT2D eigenvalue weighted by atomic mass is 32.2. The predicted molar refractivity (Wildman–Crippen MR) is 61.7 cm³/mol. The zero-order chi connectivity index (χ0) is 11.8. The third-order valence-electron chi connectivity index (χ3n) is 2.00. The number of nitrogens with zero attached hydrogens (tertiary/aromatic N) is 2. The molecule has 0 fully saturated rings. The van der Waals surface area contributed by atoms with E-state index < -0.39 is 5.97 Å². The van der Waals surface area contributed by atoms with Gasteiger partial charge in [-0.1, -0.05) is 11.8 Å². The van der Waals surface area contributed by atoms with E-state index in [4.69, 9.17) is 9.84 Å². The molecule has 16 heavy (non-hydrogen) atoms. The summed E-state index contributed by atoms with van der Waals surface area (Å²) in [6.07, 6.45) is 5.57. The lowest BCUT2D eigenvalue weighted by atomic mass is 10.3. The monoisotopic (exact) mass is 244 g/mol. The molecule has 0 saturated heterocycles. The average Bonchev–Trinajstić information content (AvgIpc) is 2.69. The number of aliphatic carboxylic acids is 1. The van der Waals surface area contributed by atoms with Gasteiger partial charge in [-0.25, -0.2) is 4.98 Å². The van der Waals surface area contributed by atoms with Gasteiger partial charge in [0.15, 0.2) is 5.16 Å². The van der Waals surface area contributed by atoms with Gasteiger partial charge in [0.2, 0.25) is 0 Å². The van der Waals surface area contributed by atoms with Gasteiger partial charge in [-0.15, -0.1) is 0 Å². The summed E-state index contributed by atoms with van der Waals surface area (Å²) in [5.74, 6) is -0.770. The van der Waals surface area contributed by atoms with Crippen LogP contribution in [-0.2, 0) is 16.1 Å². The minimum atomic E-state index is -0.820. The Balaban J connectivity index is 2.35. The maximum Gasteiger partial charge on any atom is 0.313 e. The highest BCUT2D eigenvalue weighted by molar-refractivity contribution is 7.99. The first-order chi connectivity index (χ1) is 7.74. The number of rotatable bonds is 8. The lowest BCUT2D eigenvalue weighted by Gasteiger charge is -2.05. The van der Waals surface area contributed by atoms with Crippen LogP contribution in [-0.4, -0.2) is 40.1 Å². The van der Waals surface area contributed by atoms with Crippen molar-refractivity contribution in [3.63, 3.8) is 0 Å². The lowest BCUT2D eigenvalue weighted by molar-refractivity contribution is -0.133. The van der Waals surface area contributed by atoms with E-state index in [1.165, 1.54) is 11.8 Å². The molecule has 0 aliphatic rings. The van der Waals surface area contributed by atoms with E-state index in [2.05, 4.69) is 4.98 Å². The first-order valence-corrected chi connectivity index (χ1v) is 6.07. The molecule has 0 atom stereocenters. The maximum atomic E-state index is 10.4. The minimum absolute atomic E-state index is 0.0507. The number of carbonyl (C=O) groups is 1. The predicted octanol–water partition coefficient (Wildman–Crippen LogP) is 1.49. The lowest BCUT2D eigenvalue weighted by Crippen LogP contribution is -2.03. The molecule has 90 valence electrons. The number of carboxylic acids is 1. The van der Waals surface area contributed by atoms with Crippen LogP contribution >= 0.6 is 11.8 Å². The molecule has 0 spiro atoms. The molecule has 0 amide bonds. The second-order valence-corrected chi connectivity index (χ2v) is 4.23. The van der Waals surface area contributed by atoms with Crippen molar-refractivity contribution >= 4 is 17.7 Å². The normalized spacial score (nSPS) is 10.6. The van der Waals surface area contributed by atoms with Crippen LogP contribution in [0.25, 0.3) is 0 Å². The van der Waals surface area contributed by atoms with E-state index >= 15 is 0 Å². The van der Waals surface area contributed by atoms with Crippen LogP contribution in [0.5, 0.6) is 0 Å². The number of ether oxygens (including phenoxy) is 1. The highest BCUT2D eigenvalue weighted by Gasteiger charge is 2.05. The molecular weight excluding hydrogens is 228 g/mol. The Hall–Kier alpha value is -1.01. The fraction of sp³-hybridized carbons (Fsp3) is 0.600. The summed E-state index contributed by atoms with van der Waals surface area (Å²) in [5, 5.41) is 9.34. The number of unbranched alkanes of at least 4 members (excludes halogenated alkanes) is 1. The van der Waals surface area contributed by atoms with Gasteiger partial charge in [-0.3, -0.25) is 4.79 Å². The minimum Gasteiger partial charge on any atom is -0.481 e. The first-order valence-electron chi connectivity index (χ1n) is 5.08.